The number of aliphatic hydroxyl groups is 4. The number of aliphatic hydroxyl groups excluding tert-OH is 4. The zero-order chi connectivity index (χ0) is 24.2. The molecule has 208 valence electrons. The van der Waals surface area contributed by atoms with Gasteiger partial charge < -0.3 is 25.3 Å². The Morgan fingerprint density at radius 2 is 0.676 bits per heavy atom. The first-order valence-corrected chi connectivity index (χ1v) is 14.4. The van der Waals surface area contributed by atoms with Crippen molar-refractivity contribution in [1.29, 1.82) is 0 Å². The summed E-state index contributed by atoms with van der Waals surface area (Å²) in [6, 6.07) is 0. The predicted molar refractivity (Wildman–Crippen MR) is 148 cm³/mol. The number of halogens is 1. The van der Waals surface area contributed by atoms with Gasteiger partial charge in [-0.25, -0.2) is 0 Å². The van der Waals surface area contributed by atoms with Crippen LogP contribution in [0.3, 0.4) is 0 Å². The number of rotatable bonds is 28. The van der Waals surface area contributed by atoms with E-state index in [2.05, 4.69) is 4.90 Å². The summed E-state index contributed by atoms with van der Waals surface area (Å²) < 4.78 is 0. The van der Waals surface area contributed by atoms with E-state index in [-0.39, 0.29) is 38.8 Å². The normalized spacial score (nSPS) is 11.5. The molecular weight excluding hydrogens is 450 g/mol. The molecule has 0 aliphatic heterocycles. The minimum Gasteiger partial charge on any atom is -0.396 e. The van der Waals surface area contributed by atoms with Crippen molar-refractivity contribution >= 4 is 12.4 Å². The summed E-state index contributed by atoms with van der Waals surface area (Å²) in [6.45, 7) is 4.03. The molecule has 0 fully saturated rings. The van der Waals surface area contributed by atoms with Crippen molar-refractivity contribution in [3.05, 3.63) is 0 Å². The molecule has 0 aromatic carbocycles. The van der Waals surface area contributed by atoms with Crippen LogP contribution in [0.2, 0.25) is 0 Å². The third-order valence-corrected chi connectivity index (χ3v) is 6.93. The minimum atomic E-state index is 0. The van der Waals surface area contributed by atoms with Crippen molar-refractivity contribution in [1.82, 2.24) is 4.90 Å². The van der Waals surface area contributed by atoms with Crippen molar-refractivity contribution in [3.8, 4) is 0 Å². The van der Waals surface area contributed by atoms with Crippen molar-refractivity contribution < 1.29 is 20.4 Å². The van der Waals surface area contributed by atoms with Gasteiger partial charge >= 0.3 is 0 Å². The van der Waals surface area contributed by atoms with E-state index in [1.807, 2.05) is 0 Å². The molecule has 0 atom stereocenters. The molecule has 0 aromatic rings. The van der Waals surface area contributed by atoms with Crippen LogP contribution in [0.4, 0.5) is 0 Å². The maximum absolute atomic E-state index is 9.06. The van der Waals surface area contributed by atoms with Gasteiger partial charge in [0, 0.05) is 39.5 Å². The molecule has 0 aromatic heterocycles. The Morgan fingerprint density at radius 1 is 0.353 bits per heavy atom. The van der Waals surface area contributed by atoms with E-state index in [4.69, 9.17) is 20.4 Å². The highest BCUT2D eigenvalue weighted by Gasteiger charge is 2.07. The van der Waals surface area contributed by atoms with Crippen molar-refractivity contribution in [2.45, 2.75) is 128 Å². The average Bonchev–Trinajstić information content (AvgIpc) is 2.82. The first-order valence-electron chi connectivity index (χ1n) is 14.4. The first kappa shape index (κ1) is 36.2. The monoisotopic (exact) mass is 509 g/mol. The quantitative estimate of drug-likeness (QED) is 0.0957. The summed E-state index contributed by atoms with van der Waals surface area (Å²) in [7, 11) is 0. The summed E-state index contributed by atoms with van der Waals surface area (Å²) in [5, 5.41) is 36.1. The number of nitrogens with zero attached hydrogens (tertiary/aromatic N) is 1. The second kappa shape index (κ2) is 31.1. The zero-order valence-electron chi connectivity index (χ0n) is 22.3. The molecule has 0 spiro atoms. The summed E-state index contributed by atoms with van der Waals surface area (Å²) in [5.74, 6) is 0.509. The molecular formula is C28H60ClNO4. The molecule has 0 bridgehead atoms. The van der Waals surface area contributed by atoms with Gasteiger partial charge in [0.15, 0.2) is 0 Å². The molecule has 0 radical (unpaired) electrons. The number of hydrogen-bond donors (Lipinski definition) is 4. The zero-order valence-corrected chi connectivity index (χ0v) is 23.1. The molecule has 6 heteroatoms. The molecule has 34 heavy (non-hydrogen) atoms. The molecule has 0 aliphatic rings. The summed E-state index contributed by atoms with van der Waals surface area (Å²) in [4.78, 5) is 2.39. The summed E-state index contributed by atoms with van der Waals surface area (Å²) in [5.41, 5.74) is 0. The topological polar surface area (TPSA) is 84.2 Å². The van der Waals surface area contributed by atoms with Gasteiger partial charge in [-0.2, -0.15) is 0 Å². The third-order valence-electron chi connectivity index (χ3n) is 6.93. The molecule has 0 amide bonds. The van der Waals surface area contributed by atoms with E-state index in [1.54, 1.807) is 0 Å². The van der Waals surface area contributed by atoms with Crippen LogP contribution in [0.5, 0.6) is 0 Å². The van der Waals surface area contributed by atoms with Gasteiger partial charge in [0.05, 0.1) is 0 Å². The average molecular weight is 510 g/mol. The van der Waals surface area contributed by atoms with Gasteiger partial charge in [-0.15, -0.1) is 12.4 Å². The Hall–Kier alpha value is 0.0900. The summed E-state index contributed by atoms with van der Waals surface area (Å²) >= 11 is 0. The Balaban J connectivity index is 0. The molecule has 5 nitrogen and oxygen atoms in total. The molecule has 0 heterocycles. The van der Waals surface area contributed by atoms with Crippen molar-refractivity contribution in [3.63, 3.8) is 0 Å². The molecule has 0 saturated heterocycles. The molecule has 0 unspecified atom stereocenters. The van der Waals surface area contributed by atoms with E-state index in [9.17, 15) is 0 Å². The molecule has 0 aliphatic carbocycles. The van der Waals surface area contributed by atoms with E-state index < -0.39 is 0 Å². The lowest BCUT2D eigenvalue weighted by molar-refractivity contribution is 0.199. The molecule has 0 saturated carbocycles. The van der Waals surface area contributed by atoms with E-state index in [1.165, 1.54) is 96.3 Å². The number of unbranched alkanes of at least 4 members (excludes halogenated alkanes) is 14. The first-order chi connectivity index (χ1) is 16.3. The highest BCUT2D eigenvalue weighted by atomic mass is 35.5. The lowest BCUT2D eigenvalue weighted by atomic mass is 9.94. The van der Waals surface area contributed by atoms with E-state index in [0.717, 1.165) is 51.7 Å². The maximum Gasteiger partial charge on any atom is 0.0443 e. The second-order valence-electron chi connectivity index (χ2n) is 9.98. The Bertz CT molecular complexity index is 349. The van der Waals surface area contributed by atoms with Crippen LogP contribution in [-0.2, 0) is 0 Å². The fraction of sp³-hybridized carbons (Fsp3) is 1.00. The fourth-order valence-electron chi connectivity index (χ4n) is 4.79. The van der Waals surface area contributed by atoms with Gasteiger partial charge in [-0.05, 0) is 44.6 Å². The van der Waals surface area contributed by atoms with Gasteiger partial charge in [0.2, 0.25) is 0 Å². The SMILES string of the molecule is Cl.OCCCN(CCCO)CCCCCCCCCCCCCCCCCC(CCO)CCO. The second-order valence-corrected chi connectivity index (χ2v) is 9.98. The van der Waals surface area contributed by atoms with Crippen LogP contribution < -0.4 is 0 Å². The fourth-order valence-corrected chi connectivity index (χ4v) is 4.79. The van der Waals surface area contributed by atoms with Gasteiger partial charge in [-0.1, -0.05) is 96.3 Å². The van der Waals surface area contributed by atoms with Crippen LogP contribution in [0, 0.1) is 5.92 Å². The van der Waals surface area contributed by atoms with Crippen molar-refractivity contribution in [2.24, 2.45) is 5.92 Å². The minimum absolute atomic E-state index is 0. The Labute approximate surface area is 218 Å². The van der Waals surface area contributed by atoms with Crippen LogP contribution in [0.1, 0.15) is 128 Å². The molecule has 4 N–H and O–H groups in total. The van der Waals surface area contributed by atoms with Gasteiger partial charge in [0.1, 0.15) is 0 Å². The highest BCUT2D eigenvalue weighted by Crippen LogP contribution is 2.18. The van der Waals surface area contributed by atoms with E-state index >= 15 is 0 Å². The Morgan fingerprint density at radius 3 is 1.03 bits per heavy atom. The van der Waals surface area contributed by atoms with Crippen molar-refractivity contribution in [2.75, 3.05) is 46.1 Å². The standard InChI is InChI=1S/C28H59NO4.ClH/c30-24-16-22-29(23-17-25-31)21-15-13-11-9-7-5-3-1-2-4-6-8-10-12-14-18-28(19-26-32)20-27-33;/h28,30-33H,1-27H2;1H. The summed E-state index contributed by atoms with van der Waals surface area (Å²) in [6.07, 6.45) is 24.8. The number of hydrogen-bond acceptors (Lipinski definition) is 5. The Kier molecular flexibility index (Phi) is 33.2. The van der Waals surface area contributed by atoms with Crippen LogP contribution >= 0.6 is 12.4 Å². The van der Waals surface area contributed by atoms with Crippen LogP contribution in [0.15, 0.2) is 0 Å². The smallest absolute Gasteiger partial charge is 0.0443 e. The van der Waals surface area contributed by atoms with Crippen LogP contribution in [0.25, 0.3) is 0 Å². The largest absolute Gasteiger partial charge is 0.396 e. The molecule has 0 rings (SSSR count). The lowest BCUT2D eigenvalue weighted by Crippen LogP contribution is -2.28. The van der Waals surface area contributed by atoms with Gasteiger partial charge in [0.25, 0.3) is 0 Å². The van der Waals surface area contributed by atoms with Crippen LogP contribution in [-0.4, -0.2) is 71.4 Å². The third kappa shape index (κ3) is 26.7. The predicted octanol–water partition coefficient (Wildman–Crippen LogP) is 6.10. The highest BCUT2D eigenvalue weighted by molar-refractivity contribution is 5.85. The van der Waals surface area contributed by atoms with E-state index in [0.29, 0.717) is 5.92 Å². The lowest BCUT2D eigenvalue weighted by Gasteiger charge is -2.21. The van der Waals surface area contributed by atoms with Gasteiger partial charge in [-0.3, -0.25) is 0 Å². The maximum atomic E-state index is 9.06.